The number of anilines is 2. The van der Waals surface area contributed by atoms with Crippen LogP contribution in [0.5, 0.6) is 5.75 Å². The van der Waals surface area contributed by atoms with Crippen molar-refractivity contribution >= 4 is 39.7 Å². The van der Waals surface area contributed by atoms with Crippen LogP contribution >= 0.6 is 11.3 Å². The van der Waals surface area contributed by atoms with Crippen LogP contribution < -0.4 is 15.0 Å². The maximum atomic E-state index is 12.6. The molecule has 0 fully saturated rings. The van der Waals surface area contributed by atoms with E-state index in [0.29, 0.717) is 27.6 Å². The SMILES string of the molecule is O=C(O)CCNC(=O)c1ccc(CN(c2ccc(OC(F)(F)F)cc2)c2nc(-c3ccc([N+](=O)[O-])cc3)cs2)cc1. The second-order valence-corrected chi connectivity index (χ2v) is 9.38. The Labute approximate surface area is 234 Å². The van der Waals surface area contributed by atoms with E-state index in [1.165, 1.54) is 47.7 Å². The third-order valence-electron chi connectivity index (χ3n) is 5.66. The normalized spacial score (nSPS) is 11.1. The number of amides is 1. The number of aliphatic carboxylic acids is 1. The molecule has 0 spiro atoms. The second-order valence-electron chi connectivity index (χ2n) is 8.54. The number of carboxylic acids is 1. The Morgan fingerprint density at radius 1 is 1.02 bits per heavy atom. The third-order valence-corrected chi connectivity index (χ3v) is 6.52. The number of ether oxygens (including phenoxy) is 1. The van der Waals surface area contributed by atoms with Gasteiger partial charge in [-0.1, -0.05) is 12.1 Å². The molecule has 14 heteroatoms. The van der Waals surface area contributed by atoms with E-state index >= 15 is 0 Å². The minimum Gasteiger partial charge on any atom is -0.481 e. The van der Waals surface area contributed by atoms with Gasteiger partial charge < -0.3 is 20.1 Å². The van der Waals surface area contributed by atoms with E-state index in [4.69, 9.17) is 5.11 Å². The van der Waals surface area contributed by atoms with Gasteiger partial charge in [0, 0.05) is 40.9 Å². The number of hydrogen-bond donors (Lipinski definition) is 2. The summed E-state index contributed by atoms with van der Waals surface area (Å²) >= 11 is 1.27. The van der Waals surface area contributed by atoms with Gasteiger partial charge in [0.05, 0.1) is 23.6 Å². The van der Waals surface area contributed by atoms with Gasteiger partial charge in [0.15, 0.2) is 5.13 Å². The first-order valence-corrected chi connectivity index (χ1v) is 12.8. The molecular weight excluding hydrogens is 565 g/mol. The predicted octanol–water partition coefficient (Wildman–Crippen LogP) is 6.16. The quantitative estimate of drug-likeness (QED) is 0.158. The molecule has 0 atom stereocenters. The predicted molar refractivity (Wildman–Crippen MR) is 144 cm³/mol. The number of thiazole rings is 1. The Hall–Kier alpha value is -4.98. The number of alkyl halides is 3. The van der Waals surface area contributed by atoms with Crippen molar-refractivity contribution in [1.29, 1.82) is 0 Å². The van der Waals surface area contributed by atoms with Crippen molar-refractivity contribution in [3.05, 3.63) is 99.4 Å². The summed E-state index contributed by atoms with van der Waals surface area (Å²) in [6, 6.07) is 17.7. The highest BCUT2D eigenvalue weighted by atomic mass is 32.1. The van der Waals surface area contributed by atoms with E-state index in [1.54, 1.807) is 46.7 Å². The molecule has 2 N–H and O–H groups in total. The van der Waals surface area contributed by atoms with Crippen molar-refractivity contribution in [3.63, 3.8) is 0 Å². The first-order valence-electron chi connectivity index (χ1n) is 11.9. The third kappa shape index (κ3) is 8.02. The molecule has 3 aromatic carbocycles. The summed E-state index contributed by atoms with van der Waals surface area (Å²) < 4.78 is 41.9. The molecule has 0 saturated carbocycles. The lowest BCUT2D eigenvalue weighted by Crippen LogP contribution is -2.26. The number of halogens is 3. The van der Waals surface area contributed by atoms with Crippen LogP contribution in [0.15, 0.2) is 78.2 Å². The Kier molecular flexibility index (Phi) is 8.82. The molecule has 0 saturated heterocycles. The molecule has 0 radical (unpaired) electrons. The first-order chi connectivity index (χ1) is 19.5. The van der Waals surface area contributed by atoms with Crippen LogP contribution in [0.4, 0.5) is 29.7 Å². The van der Waals surface area contributed by atoms with Crippen LogP contribution in [-0.4, -0.2) is 39.8 Å². The van der Waals surface area contributed by atoms with Crippen LogP contribution in [0.25, 0.3) is 11.3 Å². The standard InChI is InChI=1S/C27H21F3N4O6S/c28-27(29,30)40-22-11-9-20(10-12-22)33(15-17-1-3-19(4-2-17)25(37)31-14-13-24(35)36)26-32-23(16-41-26)18-5-7-21(8-6-18)34(38)39/h1-12,16H,13-15H2,(H,31,37)(H,35,36). The number of carboxylic acid groups (broad SMARTS) is 1. The minimum atomic E-state index is -4.84. The fraction of sp³-hybridized carbons (Fsp3) is 0.148. The number of nitrogens with zero attached hydrogens (tertiary/aromatic N) is 3. The lowest BCUT2D eigenvalue weighted by Gasteiger charge is -2.23. The zero-order valence-corrected chi connectivity index (χ0v) is 21.8. The molecule has 1 aromatic heterocycles. The Morgan fingerprint density at radius 2 is 1.68 bits per heavy atom. The average molecular weight is 587 g/mol. The van der Waals surface area contributed by atoms with E-state index in [0.717, 1.165) is 5.56 Å². The highest BCUT2D eigenvalue weighted by Crippen LogP contribution is 2.35. The largest absolute Gasteiger partial charge is 0.573 e. The summed E-state index contributed by atoms with van der Waals surface area (Å²) in [6.07, 6.45) is -5.04. The molecule has 0 aliphatic rings. The van der Waals surface area contributed by atoms with Gasteiger partial charge >= 0.3 is 12.3 Å². The highest BCUT2D eigenvalue weighted by Gasteiger charge is 2.31. The zero-order chi connectivity index (χ0) is 29.6. The van der Waals surface area contributed by atoms with Gasteiger partial charge in [-0.05, 0) is 54.1 Å². The lowest BCUT2D eigenvalue weighted by atomic mass is 10.1. The summed E-state index contributed by atoms with van der Waals surface area (Å²) in [5.74, 6) is -1.84. The molecular formula is C27H21F3N4O6S. The van der Waals surface area contributed by atoms with Crippen LogP contribution in [0.3, 0.4) is 0 Å². The van der Waals surface area contributed by atoms with Gasteiger partial charge in [-0.25, -0.2) is 4.98 Å². The van der Waals surface area contributed by atoms with Crippen molar-refractivity contribution in [1.82, 2.24) is 10.3 Å². The van der Waals surface area contributed by atoms with E-state index in [-0.39, 0.29) is 30.9 Å². The smallest absolute Gasteiger partial charge is 0.481 e. The molecule has 10 nitrogen and oxygen atoms in total. The monoisotopic (exact) mass is 586 g/mol. The van der Waals surface area contributed by atoms with E-state index in [2.05, 4.69) is 15.0 Å². The van der Waals surface area contributed by atoms with E-state index < -0.39 is 23.2 Å². The van der Waals surface area contributed by atoms with Gasteiger partial charge in [-0.15, -0.1) is 24.5 Å². The number of nitro benzene ring substituents is 1. The van der Waals surface area contributed by atoms with Gasteiger partial charge in [0.25, 0.3) is 11.6 Å². The van der Waals surface area contributed by atoms with Crippen molar-refractivity contribution < 1.29 is 37.5 Å². The fourth-order valence-corrected chi connectivity index (χ4v) is 4.56. The van der Waals surface area contributed by atoms with E-state index in [1.807, 2.05) is 0 Å². The van der Waals surface area contributed by atoms with Crippen molar-refractivity contribution in [2.45, 2.75) is 19.3 Å². The number of rotatable bonds is 11. The maximum Gasteiger partial charge on any atom is 0.573 e. The Bertz CT molecular complexity index is 1520. The van der Waals surface area contributed by atoms with Gasteiger partial charge in [0.1, 0.15) is 5.75 Å². The van der Waals surface area contributed by atoms with Crippen molar-refractivity contribution in [2.24, 2.45) is 0 Å². The molecule has 1 heterocycles. The summed E-state index contributed by atoms with van der Waals surface area (Å²) in [5, 5.41) is 24.5. The number of nitro groups is 1. The van der Waals surface area contributed by atoms with Crippen molar-refractivity contribution in [2.75, 3.05) is 11.4 Å². The van der Waals surface area contributed by atoms with Gasteiger partial charge in [-0.3, -0.25) is 19.7 Å². The van der Waals surface area contributed by atoms with Gasteiger partial charge in [0.2, 0.25) is 0 Å². The summed E-state index contributed by atoms with van der Waals surface area (Å²) in [4.78, 5) is 39.8. The van der Waals surface area contributed by atoms with Crippen LogP contribution in [-0.2, 0) is 11.3 Å². The number of non-ortho nitro benzene ring substituents is 1. The molecule has 0 aliphatic heterocycles. The van der Waals surface area contributed by atoms with Crippen molar-refractivity contribution in [3.8, 4) is 17.0 Å². The topological polar surface area (TPSA) is 135 Å². The highest BCUT2D eigenvalue weighted by molar-refractivity contribution is 7.14. The molecule has 4 rings (SSSR count). The number of benzene rings is 3. The Morgan fingerprint density at radius 3 is 2.27 bits per heavy atom. The number of hydrogen-bond acceptors (Lipinski definition) is 8. The maximum absolute atomic E-state index is 12.6. The number of carbonyl (C=O) groups is 2. The Balaban J connectivity index is 1.59. The molecule has 1 amide bonds. The number of nitrogens with one attached hydrogen (secondary N) is 1. The first kappa shape index (κ1) is 29.0. The zero-order valence-electron chi connectivity index (χ0n) is 21.0. The van der Waals surface area contributed by atoms with Crippen LogP contribution in [0.2, 0.25) is 0 Å². The fourth-order valence-electron chi connectivity index (χ4n) is 3.70. The summed E-state index contributed by atoms with van der Waals surface area (Å²) in [6.45, 7) is 0.215. The molecule has 4 aromatic rings. The van der Waals surface area contributed by atoms with E-state index in [9.17, 15) is 32.9 Å². The van der Waals surface area contributed by atoms with Gasteiger partial charge in [-0.2, -0.15) is 0 Å². The minimum absolute atomic E-state index is 0.0150. The summed E-state index contributed by atoms with van der Waals surface area (Å²) in [7, 11) is 0. The van der Waals surface area contributed by atoms with Crippen LogP contribution in [0, 0.1) is 10.1 Å². The average Bonchev–Trinajstić information content (AvgIpc) is 3.41. The molecule has 212 valence electrons. The number of aromatic nitrogens is 1. The molecule has 41 heavy (non-hydrogen) atoms. The number of carbonyl (C=O) groups excluding carboxylic acids is 1. The molecule has 0 aliphatic carbocycles. The molecule has 0 unspecified atom stereocenters. The van der Waals surface area contributed by atoms with Crippen LogP contribution in [0.1, 0.15) is 22.3 Å². The molecule has 0 bridgehead atoms. The summed E-state index contributed by atoms with van der Waals surface area (Å²) in [5.41, 5.74) is 2.72. The lowest BCUT2D eigenvalue weighted by molar-refractivity contribution is -0.384. The second kappa shape index (κ2) is 12.5.